The van der Waals surface area contributed by atoms with Crippen LogP contribution in [0.2, 0.25) is 0 Å². The molecule has 3 atom stereocenters. The van der Waals surface area contributed by atoms with E-state index in [-0.39, 0.29) is 48.5 Å². The summed E-state index contributed by atoms with van der Waals surface area (Å²) in [7, 11) is 1.68. The Labute approximate surface area is 187 Å². The summed E-state index contributed by atoms with van der Waals surface area (Å²) in [6, 6.07) is 1.37. The van der Waals surface area contributed by atoms with Crippen molar-refractivity contribution < 1.29 is 19.4 Å². The fourth-order valence-electron chi connectivity index (χ4n) is 3.58. The first-order chi connectivity index (χ1) is 15.3. The van der Waals surface area contributed by atoms with Gasteiger partial charge in [0, 0.05) is 38.1 Å². The van der Waals surface area contributed by atoms with Crippen molar-refractivity contribution in [2.75, 3.05) is 26.7 Å². The lowest BCUT2D eigenvalue weighted by atomic mass is 9.99. The molecular weight excluding hydrogens is 410 g/mol. The number of pyridine rings is 1. The lowest BCUT2D eigenvalue weighted by Gasteiger charge is -2.37. The number of allylic oxidation sites excluding steroid dienone is 1. The van der Waals surface area contributed by atoms with Crippen molar-refractivity contribution in [1.82, 2.24) is 24.8 Å². The van der Waals surface area contributed by atoms with E-state index >= 15 is 0 Å². The van der Waals surface area contributed by atoms with Gasteiger partial charge in [-0.1, -0.05) is 19.1 Å². The van der Waals surface area contributed by atoms with E-state index in [1.165, 1.54) is 23.5 Å². The predicted octanol–water partition coefficient (Wildman–Crippen LogP) is 1.90. The third kappa shape index (κ3) is 5.11. The number of rotatable bonds is 6. The van der Waals surface area contributed by atoms with E-state index in [0.717, 1.165) is 5.56 Å². The number of nitrogens with zero attached hydrogens (tertiary/aromatic N) is 5. The van der Waals surface area contributed by atoms with Crippen LogP contribution < -0.4 is 4.74 Å². The van der Waals surface area contributed by atoms with E-state index in [2.05, 4.69) is 15.0 Å². The highest BCUT2D eigenvalue weighted by Crippen LogP contribution is 2.27. The van der Waals surface area contributed by atoms with E-state index in [1.807, 2.05) is 26.0 Å². The molecule has 0 saturated heterocycles. The number of ether oxygens (including phenoxy) is 1. The predicted molar refractivity (Wildman–Crippen MR) is 119 cm³/mol. The molecule has 2 amide bonds. The van der Waals surface area contributed by atoms with Gasteiger partial charge in [-0.15, -0.1) is 0 Å². The number of carbonyl (C=O) groups is 2. The molecule has 0 aromatic carbocycles. The monoisotopic (exact) mass is 439 g/mol. The first kappa shape index (κ1) is 23.3. The molecule has 1 N–H and O–H groups in total. The van der Waals surface area contributed by atoms with Gasteiger partial charge >= 0.3 is 0 Å². The maximum Gasteiger partial charge on any atom is 0.273 e. The molecule has 9 nitrogen and oxygen atoms in total. The second kappa shape index (κ2) is 10.3. The minimum Gasteiger partial charge on any atom is -0.472 e. The Morgan fingerprint density at radius 3 is 2.81 bits per heavy atom. The lowest BCUT2D eigenvalue weighted by molar-refractivity contribution is 0.0312. The molecular formula is C23H29N5O4. The van der Waals surface area contributed by atoms with Crippen molar-refractivity contribution in [2.24, 2.45) is 5.92 Å². The summed E-state index contributed by atoms with van der Waals surface area (Å²) in [5, 5.41) is 9.73. The summed E-state index contributed by atoms with van der Waals surface area (Å²) in [6.45, 7) is 6.11. The Bertz CT molecular complexity index is 982. The van der Waals surface area contributed by atoms with Crippen molar-refractivity contribution in [3.05, 3.63) is 53.8 Å². The molecule has 32 heavy (non-hydrogen) atoms. The highest BCUT2D eigenvalue weighted by Gasteiger charge is 2.34. The molecule has 170 valence electrons. The second-order valence-electron chi connectivity index (χ2n) is 8.02. The standard InChI is InChI=1S/C23H29N5O4/c1-5-6-17-9-18-21(26-10-17)32-20(15(2)12-28(22(18)30)16(3)14-29)13-27(4)23(31)19-11-24-7-8-25-19/h5-11,15-16,20,29H,12-14H2,1-4H3/t15-,16-,20-/m1/s1. The molecule has 0 spiro atoms. The first-order valence-electron chi connectivity index (χ1n) is 10.6. The summed E-state index contributed by atoms with van der Waals surface area (Å²) >= 11 is 0. The highest BCUT2D eigenvalue weighted by atomic mass is 16.5. The number of amides is 2. The molecule has 1 aliphatic rings. The van der Waals surface area contributed by atoms with Crippen molar-refractivity contribution in [3.63, 3.8) is 0 Å². The first-order valence-corrected chi connectivity index (χ1v) is 10.6. The van der Waals surface area contributed by atoms with Crippen LogP contribution in [0.15, 0.2) is 36.9 Å². The number of likely N-dealkylation sites (N-methyl/N-ethyl adjacent to an activating group) is 1. The minimum absolute atomic E-state index is 0.129. The second-order valence-corrected chi connectivity index (χ2v) is 8.02. The molecule has 0 bridgehead atoms. The molecule has 0 aliphatic carbocycles. The number of aliphatic hydroxyl groups excluding tert-OH is 1. The number of hydrogen-bond donors (Lipinski definition) is 1. The summed E-state index contributed by atoms with van der Waals surface area (Å²) in [5.74, 6) is -0.426. The summed E-state index contributed by atoms with van der Waals surface area (Å²) in [6.07, 6.45) is 9.33. The van der Waals surface area contributed by atoms with Gasteiger partial charge in [-0.25, -0.2) is 9.97 Å². The van der Waals surface area contributed by atoms with E-state index < -0.39 is 6.10 Å². The van der Waals surface area contributed by atoms with Crippen LogP contribution in [0.1, 0.15) is 47.2 Å². The fourth-order valence-corrected chi connectivity index (χ4v) is 3.58. The number of aliphatic hydroxyl groups is 1. The Kier molecular flexibility index (Phi) is 7.53. The molecule has 2 aromatic heterocycles. The van der Waals surface area contributed by atoms with E-state index in [9.17, 15) is 14.7 Å². The van der Waals surface area contributed by atoms with E-state index in [1.54, 1.807) is 31.1 Å². The van der Waals surface area contributed by atoms with Gasteiger partial charge in [-0.2, -0.15) is 0 Å². The van der Waals surface area contributed by atoms with Crippen LogP contribution in [-0.2, 0) is 0 Å². The number of fused-ring (bicyclic) bond motifs is 1. The third-order valence-electron chi connectivity index (χ3n) is 5.48. The van der Waals surface area contributed by atoms with Crippen LogP contribution in [-0.4, -0.2) is 80.6 Å². The average molecular weight is 440 g/mol. The molecule has 0 radical (unpaired) electrons. The molecule has 0 saturated carbocycles. The number of aromatic nitrogens is 3. The van der Waals surface area contributed by atoms with Gasteiger partial charge in [0.05, 0.1) is 25.4 Å². The maximum absolute atomic E-state index is 13.3. The van der Waals surface area contributed by atoms with Gasteiger partial charge in [0.2, 0.25) is 5.88 Å². The largest absolute Gasteiger partial charge is 0.472 e. The molecule has 1 aliphatic heterocycles. The van der Waals surface area contributed by atoms with E-state index in [4.69, 9.17) is 4.74 Å². The van der Waals surface area contributed by atoms with Crippen molar-refractivity contribution in [3.8, 4) is 5.88 Å². The Balaban J connectivity index is 1.93. The van der Waals surface area contributed by atoms with Gasteiger partial charge < -0.3 is 19.6 Å². The number of hydrogen-bond acceptors (Lipinski definition) is 7. The zero-order valence-corrected chi connectivity index (χ0v) is 18.8. The molecule has 0 fully saturated rings. The SMILES string of the molecule is CC=Cc1cnc2c(c1)C(=O)N([C@H](C)CO)C[C@@H](C)[C@@H](CN(C)C(=O)c1cnccn1)O2. The third-order valence-corrected chi connectivity index (χ3v) is 5.48. The molecule has 0 unspecified atom stereocenters. The van der Waals surface area contributed by atoms with Gasteiger partial charge in [-0.3, -0.25) is 14.6 Å². The summed E-state index contributed by atoms with van der Waals surface area (Å²) < 4.78 is 6.20. The van der Waals surface area contributed by atoms with Gasteiger partial charge in [0.1, 0.15) is 17.4 Å². The van der Waals surface area contributed by atoms with Crippen LogP contribution in [0.4, 0.5) is 0 Å². The molecule has 3 heterocycles. The smallest absolute Gasteiger partial charge is 0.273 e. The molecule has 3 rings (SSSR count). The van der Waals surface area contributed by atoms with Gasteiger partial charge in [0.25, 0.3) is 11.8 Å². The topological polar surface area (TPSA) is 109 Å². The van der Waals surface area contributed by atoms with Crippen LogP contribution >= 0.6 is 0 Å². The zero-order valence-electron chi connectivity index (χ0n) is 18.8. The Hall–Kier alpha value is -3.33. The minimum atomic E-state index is -0.430. The van der Waals surface area contributed by atoms with E-state index in [0.29, 0.717) is 12.1 Å². The maximum atomic E-state index is 13.3. The van der Waals surface area contributed by atoms with Crippen molar-refractivity contribution in [2.45, 2.75) is 32.9 Å². The van der Waals surface area contributed by atoms with Crippen LogP contribution in [0.25, 0.3) is 6.08 Å². The summed E-state index contributed by atoms with van der Waals surface area (Å²) in [5.41, 5.74) is 1.36. The molecule has 2 aromatic rings. The zero-order chi connectivity index (χ0) is 23.3. The average Bonchev–Trinajstić information content (AvgIpc) is 2.81. The Morgan fingerprint density at radius 2 is 2.16 bits per heavy atom. The van der Waals surface area contributed by atoms with Crippen molar-refractivity contribution >= 4 is 17.9 Å². The summed E-state index contributed by atoms with van der Waals surface area (Å²) in [4.78, 5) is 41.7. The highest BCUT2D eigenvalue weighted by molar-refractivity contribution is 5.97. The van der Waals surface area contributed by atoms with Gasteiger partial charge in [0.15, 0.2) is 0 Å². The number of carbonyl (C=O) groups excluding carboxylic acids is 2. The fraction of sp³-hybridized carbons (Fsp3) is 0.435. The van der Waals surface area contributed by atoms with Crippen molar-refractivity contribution in [1.29, 1.82) is 0 Å². The Morgan fingerprint density at radius 1 is 1.38 bits per heavy atom. The normalized spacial score (nSPS) is 19.7. The quantitative estimate of drug-likeness (QED) is 0.732. The van der Waals surface area contributed by atoms with Crippen LogP contribution in [0, 0.1) is 5.92 Å². The lowest BCUT2D eigenvalue weighted by Crippen LogP contribution is -2.50. The van der Waals surface area contributed by atoms with Gasteiger partial charge in [-0.05, 0) is 25.5 Å². The van der Waals surface area contributed by atoms with Crippen LogP contribution in [0.5, 0.6) is 5.88 Å². The van der Waals surface area contributed by atoms with Crippen LogP contribution in [0.3, 0.4) is 0 Å². The molecule has 9 heteroatoms.